The van der Waals surface area contributed by atoms with Crippen LogP contribution in [-0.4, -0.2) is 43.2 Å². The summed E-state index contributed by atoms with van der Waals surface area (Å²) in [7, 11) is 1.79. The molecule has 1 aliphatic heterocycles. The Morgan fingerprint density at radius 1 is 1.43 bits per heavy atom. The normalized spacial score (nSPS) is 19.7. The Balaban J connectivity index is 2.16. The Bertz CT molecular complexity index is 502. The first-order valence-electron chi connectivity index (χ1n) is 7.44. The highest BCUT2D eigenvalue weighted by Gasteiger charge is 2.31. The zero-order valence-corrected chi connectivity index (χ0v) is 13.0. The lowest BCUT2D eigenvalue weighted by molar-refractivity contribution is -0.132. The topological polar surface area (TPSA) is 64.8 Å². The fourth-order valence-corrected chi connectivity index (χ4v) is 2.47. The van der Waals surface area contributed by atoms with E-state index in [1.54, 1.807) is 11.9 Å². The molecule has 1 amide bonds. The lowest BCUT2D eigenvalue weighted by Gasteiger charge is -2.17. The minimum atomic E-state index is -0.409. The van der Waals surface area contributed by atoms with Gasteiger partial charge < -0.3 is 20.1 Å². The highest BCUT2D eigenvalue weighted by Crippen LogP contribution is 2.31. The van der Waals surface area contributed by atoms with E-state index < -0.39 is 6.10 Å². The number of likely N-dealkylation sites (tertiary alicyclic amines) is 1. The van der Waals surface area contributed by atoms with E-state index in [2.05, 4.69) is 0 Å². The molecule has 0 radical (unpaired) electrons. The summed E-state index contributed by atoms with van der Waals surface area (Å²) in [6.45, 7) is 5.18. The molecule has 116 valence electrons. The average molecular weight is 292 g/mol. The van der Waals surface area contributed by atoms with Crippen molar-refractivity contribution in [3.63, 3.8) is 0 Å². The van der Waals surface area contributed by atoms with Gasteiger partial charge in [-0.15, -0.1) is 0 Å². The van der Waals surface area contributed by atoms with Gasteiger partial charge in [0.05, 0.1) is 6.61 Å². The molecule has 2 rings (SSSR count). The van der Waals surface area contributed by atoms with E-state index in [1.807, 2.05) is 32.0 Å². The molecule has 2 atom stereocenters. The monoisotopic (exact) mass is 292 g/mol. The first-order chi connectivity index (χ1) is 10.0. The van der Waals surface area contributed by atoms with E-state index in [0.29, 0.717) is 24.5 Å². The Hall–Kier alpha value is -1.75. The summed E-state index contributed by atoms with van der Waals surface area (Å²) in [5.41, 5.74) is 6.94. The fraction of sp³-hybridized carbons (Fsp3) is 0.562. The molecule has 5 nitrogen and oxygen atoms in total. The zero-order valence-electron chi connectivity index (χ0n) is 13.0. The number of nitrogens with two attached hydrogens (primary N) is 1. The van der Waals surface area contributed by atoms with E-state index >= 15 is 0 Å². The lowest BCUT2D eigenvalue weighted by Crippen LogP contribution is -2.29. The molecule has 2 unspecified atom stereocenters. The number of amides is 1. The highest BCUT2D eigenvalue weighted by molar-refractivity contribution is 5.83. The first kappa shape index (κ1) is 15.6. The minimum Gasteiger partial charge on any atom is -0.490 e. The summed E-state index contributed by atoms with van der Waals surface area (Å²) in [4.78, 5) is 13.6. The van der Waals surface area contributed by atoms with Crippen molar-refractivity contribution in [3.8, 4) is 11.5 Å². The molecule has 1 saturated heterocycles. The van der Waals surface area contributed by atoms with E-state index in [-0.39, 0.29) is 11.9 Å². The number of ether oxygens (including phenoxy) is 2. The Labute approximate surface area is 126 Å². The van der Waals surface area contributed by atoms with Gasteiger partial charge in [-0.05, 0) is 38.0 Å². The van der Waals surface area contributed by atoms with Crippen molar-refractivity contribution >= 4 is 5.91 Å². The Kier molecular flexibility index (Phi) is 5.07. The molecule has 1 heterocycles. The molecular weight excluding hydrogens is 268 g/mol. The van der Waals surface area contributed by atoms with Crippen LogP contribution in [0.2, 0.25) is 0 Å². The maximum atomic E-state index is 11.9. The largest absolute Gasteiger partial charge is 0.490 e. The first-order valence-corrected chi connectivity index (χ1v) is 7.44. The summed E-state index contributed by atoms with van der Waals surface area (Å²) in [5.74, 6) is 1.33. The molecule has 0 bridgehead atoms. The Morgan fingerprint density at radius 2 is 2.19 bits per heavy atom. The maximum absolute atomic E-state index is 11.9. The summed E-state index contributed by atoms with van der Waals surface area (Å²) >= 11 is 0. The molecule has 0 saturated carbocycles. The van der Waals surface area contributed by atoms with Gasteiger partial charge in [0, 0.05) is 26.1 Å². The lowest BCUT2D eigenvalue weighted by atomic mass is 10.1. The number of likely N-dealkylation sites (N-methyl/N-ethyl adjacent to an activating group) is 1. The number of benzene rings is 1. The van der Waals surface area contributed by atoms with Crippen molar-refractivity contribution in [1.29, 1.82) is 0 Å². The average Bonchev–Trinajstić information content (AvgIpc) is 2.73. The maximum Gasteiger partial charge on any atom is 0.263 e. The van der Waals surface area contributed by atoms with Gasteiger partial charge in [-0.25, -0.2) is 0 Å². The third-order valence-corrected chi connectivity index (χ3v) is 3.51. The standard InChI is InChI=1S/C16H24N2O3/c1-4-20-15-10-12(9-11(2)17)5-6-13(15)21-14-7-8-18(3)16(14)19/h5-6,10-11,14H,4,7-9,17H2,1-3H3. The van der Waals surface area contributed by atoms with Crippen molar-refractivity contribution < 1.29 is 14.3 Å². The van der Waals surface area contributed by atoms with Crippen LogP contribution < -0.4 is 15.2 Å². The molecule has 2 N–H and O–H groups in total. The molecule has 21 heavy (non-hydrogen) atoms. The van der Waals surface area contributed by atoms with Gasteiger partial charge in [0.15, 0.2) is 17.6 Å². The molecule has 1 aromatic rings. The van der Waals surface area contributed by atoms with Crippen LogP contribution in [0.3, 0.4) is 0 Å². The van der Waals surface area contributed by atoms with Crippen LogP contribution >= 0.6 is 0 Å². The number of carbonyl (C=O) groups excluding carboxylic acids is 1. The van der Waals surface area contributed by atoms with E-state index in [9.17, 15) is 4.79 Å². The fourth-order valence-electron chi connectivity index (χ4n) is 2.47. The van der Waals surface area contributed by atoms with Crippen LogP contribution in [0, 0.1) is 0 Å². The summed E-state index contributed by atoms with van der Waals surface area (Å²) in [6, 6.07) is 5.89. The van der Waals surface area contributed by atoms with E-state index in [4.69, 9.17) is 15.2 Å². The van der Waals surface area contributed by atoms with Crippen molar-refractivity contribution in [2.75, 3.05) is 20.2 Å². The predicted octanol–water partition coefficient (Wildman–Crippen LogP) is 1.58. The number of carbonyl (C=O) groups is 1. The summed E-state index contributed by atoms with van der Waals surface area (Å²) < 4.78 is 11.5. The van der Waals surface area contributed by atoms with Gasteiger partial charge in [-0.2, -0.15) is 0 Å². The van der Waals surface area contributed by atoms with Crippen molar-refractivity contribution in [2.24, 2.45) is 5.73 Å². The Morgan fingerprint density at radius 3 is 2.76 bits per heavy atom. The van der Waals surface area contributed by atoms with Crippen LogP contribution in [0.25, 0.3) is 0 Å². The quantitative estimate of drug-likeness (QED) is 0.864. The smallest absolute Gasteiger partial charge is 0.263 e. The third-order valence-electron chi connectivity index (χ3n) is 3.51. The second-order valence-corrected chi connectivity index (χ2v) is 5.55. The van der Waals surface area contributed by atoms with Crippen LogP contribution in [-0.2, 0) is 11.2 Å². The van der Waals surface area contributed by atoms with Gasteiger partial charge in [-0.1, -0.05) is 6.07 Å². The number of rotatable bonds is 6. The van der Waals surface area contributed by atoms with Crippen LogP contribution in [0.4, 0.5) is 0 Å². The highest BCUT2D eigenvalue weighted by atomic mass is 16.5. The molecule has 1 aliphatic rings. The van der Waals surface area contributed by atoms with Gasteiger partial charge in [0.2, 0.25) is 0 Å². The van der Waals surface area contributed by atoms with Gasteiger partial charge in [-0.3, -0.25) is 4.79 Å². The van der Waals surface area contributed by atoms with Crippen molar-refractivity contribution in [3.05, 3.63) is 23.8 Å². The summed E-state index contributed by atoms with van der Waals surface area (Å²) in [6.07, 6.45) is 1.09. The van der Waals surface area contributed by atoms with Crippen LogP contribution in [0.5, 0.6) is 11.5 Å². The zero-order chi connectivity index (χ0) is 15.4. The molecule has 0 aliphatic carbocycles. The van der Waals surface area contributed by atoms with Crippen LogP contribution in [0.15, 0.2) is 18.2 Å². The van der Waals surface area contributed by atoms with E-state index in [0.717, 1.165) is 18.5 Å². The minimum absolute atomic E-state index is 0.0251. The van der Waals surface area contributed by atoms with Gasteiger partial charge in [0.1, 0.15) is 0 Å². The second kappa shape index (κ2) is 6.80. The molecule has 0 spiro atoms. The number of nitrogens with zero attached hydrogens (tertiary/aromatic N) is 1. The SMILES string of the molecule is CCOc1cc(CC(C)N)ccc1OC1CCN(C)C1=O. The second-order valence-electron chi connectivity index (χ2n) is 5.55. The van der Waals surface area contributed by atoms with Gasteiger partial charge in [0.25, 0.3) is 5.91 Å². The molecule has 1 fully saturated rings. The van der Waals surface area contributed by atoms with Crippen molar-refractivity contribution in [1.82, 2.24) is 4.90 Å². The van der Waals surface area contributed by atoms with Crippen molar-refractivity contribution in [2.45, 2.75) is 38.8 Å². The number of hydrogen-bond acceptors (Lipinski definition) is 4. The molecule has 5 heteroatoms. The van der Waals surface area contributed by atoms with E-state index in [1.165, 1.54) is 0 Å². The molecule has 1 aromatic carbocycles. The van der Waals surface area contributed by atoms with Gasteiger partial charge >= 0.3 is 0 Å². The molecule has 0 aromatic heterocycles. The molecular formula is C16H24N2O3. The predicted molar refractivity (Wildman–Crippen MR) is 81.6 cm³/mol. The van der Waals surface area contributed by atoms with Crippen LogP contribution in [0.1, 0.15) is 25.8 Å². The number of hydrogen-bond donors (Lipinski definition) is 1. The third kappa shape index (κ3) is 3.88. The summed E-state index contributed by atoms with van der Waals surface area (Å²) in [5, 5.41) is 0.